The van der Waals surface area contributed by atoms with E-state index in [9.17, 15) is 0 Å². The Hall–Kier alpha value is 0.350. The Bertz CT molecular complexity index is 196. The van der Waals surface area contributed by atoms with E-state index >= 15 is 0 Å². The maximum absolute atomic E-state index is 5.89. The van der Waals surface area contributed by atoms with Crippen molar-refractivity contribution < 1.29 is 0 Å². The lowest BCUT2D eigenvalue weighted by Gasteiger charge is -2.40. The van der Waals surface area contributed by atoms with Crippen LogP contribution in [0.4, 0.5) is 0 Å². The van der Waals surface area contributed by atoms with Crippen LogP contribution < -0.4 is 5.73 Å². The Labute approximate surface area is 63.4 Å². The zero-order valence-corrected chi connectivity index (χ0v) is 7.11. The molecule has 0 aromatic heterocycles. The molecule has 10 heavy (non-hydrogen) atoms. The highest BCUT2D eigenvalue weighted by Crippen LogP contribution is 2.71. The van der Waals surface area contributed by atoms with Crippen LogP contribution in [-0.4, -0.2) is 22.8 Å². The zero-order valence-electron chi connectivity index (χ0n) is 5.96. The maximum atomic E-state index is 5.89. The van der Waals surface area contributed by atoms with Crippen molar-refractivity contribution in [2.24, 2.45) is 11.1 Å². The fourth-order valence-electron chi connectivity index (χ4n) is 3.06. The van der Waals surface area contributed by atoms with Crippen LogP contribution in [0.1, 0.15) is 19.3 Å². The second-order valence-corrected chi connectivity index (χ2v) is 4.71. The van der Waals surface area contributed by atoms with Gasteiger partial charge in [0.25, 0.3) is 0 Å². The van der Waals surface area contributed by atoms with Crippen LogP contribution in [0.2, 0.25) is 0 Å². The lowest BCUT2D eigenvalue weighted by atomic mass is 9.93. The van der Waals surface area contributed by atoms with Crippen LogP contribution in [0.3, 0.4) is 0 Å². The Morgan fingerprint density at radius 2 is 2.20 bits per heavy atom. The SMILES string of the molecule is NC1CC2N(P)C3CC23C1. The molecule has 3 fully saturated rings. The molecule has 0 aromatic rings. The summed E-state index contributed by atoms with van der Waals surface area (Å²) < 4.78 is 2.44. The average Bonchev–Trinajstić information content (AvgIpc) is 2.43. The van der Waals surface area contributed by atoms with Crippen LogP contribution in [0.15, 0.2) is 0 Å². The Morgan fingerprint density at radius 1 is 1.40 bits per heavy atom. The number of rotatable bonds is 0. The van der Waals surface area contributed by atoms with Gasteiger partial charge in [0.05, 0.1) is 0 Å². The lowest BCUT2D eigenvalue weighted by molar-refractivity contribution is 0.139. The highest BCUT2D eigenvalue weighted by molar-refractivity contribution is 7.13. The van der Waals surface area contributed by atoms with Crippen molar-refractivity contribution in [3.05, 3.63) is 0 Å². The van der Waals surface area contributed by atoms with E-state index in [1.807, 2.05) is 0 Å². The van der Waals surface area contributed by atoms with E-state index in [1.165, 1.54) is 19.3 Å². The second kappa shape index (κ2) is 1.43. The molecule has 3 rings (SSSR count). The molecule has 5 unspecified atom stereocenters. The summed E-state index contributed by atoms with van der Waals surface area (Å²) in [4.78, 5) is 0. The van der Waals surface area contributed by atoms with E-state index in [-0.39, 0.29) is 0 Å². The molecule has 0 radical (unpaired) electrons. The molecule has 2 N–H and O–H groups in total. The van der Waals surface area contributed by atoms with Crippen LogP contribution in [0, 0.1) is 5.41 Å². The van der Waals surface area contributed by atoms with Crippen LogP contribution >= 0.6 is 9.39 Å². The molecule has 1 spiro atoms. The molecule has 0 aromatic carbocycles. The highest BCUT2D eigenvalue weighted by Gasteiger charge is 2.74. The van der Waals surface area contributed by atoms with Crippen molar-refractivity contribution >= 4 is 9.39 Å². The molecule has 56 valence electrons. The van der Waals surface area contributed by atoms with Crippen LogP contribution in [0.25, 0.3) is 0 Å². The lowest BCUT2D eigenvalue weighted by Crippen LogP contribution is -2.46. The van der Waals surface area contributed by atoms with Gasteiger partial charge in [0.15, 0.2) is 0 Å². The molecule has 2 saturated carbocycles. The van der Waals surface area contributed by atoms with Gasteiger partial charge < -0.3 is 5.73 Å². The largest absolute Gasteiger partial charge is 0.328 e. The van der Waals surface area contributed by atoms with Gasteiger partial charge >= 0.3 is 0 Å². The molecule has 1 aliphatic heterocycles. The molecule has 1 saturated heterocycles. The highest BCUT2D eigenvalue weighted by atomic mass is 31.0. The first-order valence-corrected chi connectivity index (χ1v) is 4.54. The summed E-state index contributed by atoms with van der Waals surface area (Å²) >= 11 is 0. The summed E-state index contributed by atoms with van der Waals surface area (Å²) in [7, 11) is 2.84. The van der Waals surface area contributed by atoms with Gasteiger partial charge in [0.2, 0.25) is 0 Å². The van der Waals surface area contributed by atoms with Gasteiger partial charge in [-0.25, -0.2) is 0 Å². The molecule has 3 heteroatoms. The smallest absolute Gasteiger partial charge is 0.0220 e. The minimum absolute atomic E-state index is 0.501. The molecule has 2 aliphatic carbocycles. The Balaban J connectivity index is 1.91. The summed E-state index contributed by atoms with van der Waals surface area (Å²) in [6, 6.07) is 2.23. The van der Waals surface area contributed by atoms with E-state index < -0.39 is 0 Å². The van der Waals surface area contributed by atoms with E-state index in [2.05, 4.69) is 14.1 Å². The predicted molar refractivity (Wildman–Crippen MR) is 43.4 cm³/mol. The number of nitrogens with two attached hydrogens (primary N) is 1. The first-order chi connectivity index (χ1) is 4.74. The monoisotopic (exact) mass is 156 g/mol. The van der Waals surface area contributed by atoms with E-state index in [0.29, 0.717) is 6.04 Å². The minimum atomic E-state index is 0.501. The first kappa shape index (κ1) is 5.93. The van der Waals surface area contributed by atoms with Gasteiger partial charge in [-0.05, 0) is 19.3 Å². The summed E-state index contributed by atoms with van der Waals surface area (Å²) in [5.74, 6) is 0. The molecule has 0 bridgehead atoms. The molecule has 0 amide bonds. The average molecular weight is 156 g/mol. The zero-order chi connectivity index (χ0) is 6.93. The van der Waals surface area contributed by atoms with Gasteiger partial charge in [-0.1, -0.05) is 9.39 Å². The fraction of sp³-hybridized carbons (Fsp3) is 1.00. The van der Waals surface area contributed by atoms with Crippen molar-refractivity contribution in [3.63, 3.8) is 0 Å². The van der Waals surface area contributed by atoms with Gasteiger partial charge in [-0.3, -0.25) is 4.67 Å². The fourth-order valence-corrected chi connectivity index (χ4v) is 3.88. The van der Waals surface area contributed by atoms with Crippen molar-refractivity contribution in [1.82, 2.24) is 4.67 Å². The topological polar surface area (TPSA) is 29.3 Å². The number of nitrogens with zero attached hydrogens (tertiary/aromatic N) is 1. The normalized spacial score (nSPS) is 64.8. The van der Waals surface area contributed by atoms with Crippen molar-refractivity contribution in [2.45, 2.75) is 37.4 Å². The first-order valence-electron chi connectivity index (χ1n) is 4.03. The minimum Gasteiger partial charge on any atom is -0.328 e. The molecule has 1 heterocycles. The quantitative estimate of drug-likeness (QED) is 0.512. The van der Waals surface area contributed by atoms with E-state index in [4.69, 9.17) is 5.73 Å². The molecule has 2 nitrogen and oxygen atoms in total. The van der Waals surface area contributed by atoms with Gasteiger partial charge in [-0.2, -0.15) is 0 Å². The van der Waals surface area contributed by atoms with Crippen molar-refractivity contribution in [3.8, 4) is 0 Å². The van der Waals surface area contributed by atoms with Crippen LogP contribution in [-0.2, 0) is 0 Å². The van der Waals surface area contributed by atoms with Gasteiger partial charge in [0.1, 0.15) is 0 Å². The van der Waals surface area contributed by atoms with E-state index in [0.717, 1.165) is 17.5 Å². The number of hydrogen-bond donors (Lipinski definition) is 1. The molecule has 3 aliphatic rings. The Morgan fingerprint density at radius 3 is 2.80 bits per heavy atom. The summed E-state index contributed by atoms with van der Waals surface area (Å²) in [5, 5.41) is 0. The third-order valence-corrected chi connectivity index (χ3v) is 4.35. The summed E-state index contributed by atoms with van der Waals surface area (Å²) in [5.41, 5.74) is 6.62. The standard InChI is InChI=1S/C7H13N2P/c8-4-1-5-7(2-4)3-6(7)9(5)10/h4-6H,1-3,8,10H2. The van der Waals surface area contributed by atoms with Gasteiger partial charge in [0, 0.05) is 23.5 Å². The second-order valence-electron chi connectivity index (χ2n) is 4.12. The van der Waals surface area contributed by atoms with Crippen LogP contribution in [0.5, 0.6) is 0 Å². The Kier molecular flexibility index (Phi) is 0.848. The van der Waals surface area contributed by atoms with E-state index in [1.54, 1.807) is 0 Å². The predicted octanol–water partition coefficient (Wildman–Crippen LogP) is 0.340. The van der Waals surface area contributed by atoms with Crippen molar-refractivity contribution in [1.29, 1.82) is 0 Å². The van der Waals surface area contributed by atoms with Crippen molar-refractivity contribution in [2.75, 3.05) is 0 Å². The van der Waals surface area contributed by atoms with Gasteiger partial charge in [-0.15, -0.1) is 0 Å². The summed E-state index contributed by atoms with van der Waals surface area (Å²) in [6.07, 6.45) is 3.96. The number of hydrogen-bond acceptors (Lipinski definition) is 2. The molecular formula is C7H13N2P. The third-order valence-electron chi connectivity index (χ3n) is 3.63. The molecule has 5 atom stereocenters. The summed E-state index contributed by atoms with van der Waals surface area (Å²) in [6.45, 7) is 0. The third kappa shape index (κ3) is 0.431. The maximum Gasteiger partial charge on any atom is 0.0220 e. The molecular weight excluding hydrogens is 143 g/mol.